The Morgan fingerprint density at radius 3 is 2.79 bits per heavy atom. The zero-order valence-electron chi connectivity index (χ0n) is 8.34. The molecule has 1 unspecified atom stereocenters. The van der Waals surface area contributed by atoms with E-state index in [1.807, 2.05) is 18.2 Å². The number of benzene rings is 1. The van der Waals surface area contributed by atoms with Crippen molar-refractivity contribution >= 4 is 21.6 Å². The van der Waals surface area contributed by atoms with Crippen LogP contribution in [0.1, 0.15) is 25.8 Å². The van der Waals surface area contributed by atoms with Gasteiger partial charge in [0.1, 0.15) is 0 Å². The highest BCUT2D eigenvalue weighted by molar-refractivity contribution is 9.10. The minimum atomic E-state index is 0.444. The lowest BCUT2D eigenvalue weighted by Crippen LogP contribution is -2.13. The van der Waals surface area contributed by atoms with Gasteiger partial charge in [0.25, 0.3) is 0 Å². The van der Waals surface area contributed by atoms with Crippen molar-refractivity contribution in [2.45, 2.75) is 26.3 Å². The molecule has 0 amide bonds. The first-order chi connectivity index (χ1) is 6.67. The molecular formula is C11H13BrN2. The van der Waals surface area contributed by atoms with Crippen LogP contribution >= 0.6 is 15.9 Å². The van der Waals surface area contributed by atoms with E-state index in [0.717, 1.165) is 16.6 Å². The topological polar surface area (TPSA) is 35.8 Å². The van der Waals surface area contributed by atoms with Crippen molar-refractivity contribution in [3.05, 3.63) is 28.2 Å². The number of hydrogen-bond acceptors (Lipinski definition) is 2. The summed E-state index contributed by atoms with van der Waals surface area (Å²) in [5, 5.41) is 12.0. The summed E-state index contributed by atoms with van der Waals surface area (Å²) in [4.78, 5) is 0. The zero-order valence-corrected chi connectivity index (χ0v) is 9.93. The molecule has 3 heteroatoms. The maximum absolute atomic E-state index is 8.69. The number of anilines is 1. The van der Waals surface area contributed by atoms with Gasteiger partial charge in [0.2, 0.25) is 0 Å². The molecule has 0 aliphatic carbocycles. The summed E-state index contributed by atoms with van der Waals surface area (Å²) in [7, 11) is 0. The van der Waals surface area contributed by atoms with Crippen molar-refractivity contribution < 1.29 is 0 Å². The Morgan fingerprint density at radius 2 is 2.29 bits per heavy atom. The quantitative estimate of drug-likeness (QED) is 0.894. The summed E-state index contributed by atoms with van der Waals surface area (Å²) in [5.41, 5.74) is 1.71. The molecule has 1 aromatic carbocycles. The van der Waals surface area contributed by atoms with Gasteiger partial charge >= 0.3 is 0 Å². The molecule has 1 N–H and O–H groups in total. The Balaban J connectivity index is 2.85. The molecule has 74 valence electrons. The lowest BCUT2D eigenvalue weighted by molar-refractivity contribution is 0.763. The summed E-state index contributed by atoms with van der Waals surface area (Å²) >= 11 is 3.43. The van der Waals surface area contributed by atoms with Crippen LogP contribution in [0.15, 0.2) is 22.7 Å². The molecule has 0 saturated heterocycles. The van der Waals surface area contributed by atoms with Crippen molar-refractivity contribution in [1.82, 2.24) is 0 Å². The number of hydrogen-bond donors (Lipinski definition) is 1. The highest BCUT2D eigenvalue weighted by Gasteiger charge is 2.03. The van der Waals surface area contributed by atoms with Crippen LogP contribution in [0, 0.1) is 11.3 Å². The first kappa shape index (κ1) is 11.1. The van der Waals surface area contributed by atoms with Gasteiger partial charge < -0.3 is 5.32 Å². The number of rotatable bonds is 3. The van der Waals surface area contributed by atoms with Crippen LogP contribution in [-0.4, -0.2) is 6.04 Å². The molecule has 14 heavy (non-hydrogen) atoms. The number of nitriles is 1. The lowest BCUT2D eigenvalue weighted by Gasteiger charge is -2.14. The Morgan fingerprint density at radius 1 is 1.57 bits per heavy atom. The fraction of sp³-hybridized carbons (Fsp3) is 0.364. The van der Waals surface area contributed by atoms with E-state index in [2.05, 4.69) is 41.2 Å². The predicted molar refractivity (Wildman–Crippen MR) is 62.2 cm³/mol. The number of nitrogens with zero attached hydrogens (tertiary/aromatic N) is 1. The lowest BCUT2D eigenvalue weighted by atomic mass is 10.2. The largest absolute Gasteiger partial charge is 0.382 e. The van der Waals surface area contributed by atoms with Crippen molar-refractivity contribution in [2.75, 3.05) is 5.32 Å². The minimum Gasteiger partial charge on any atom is -0.382 e. The average molecular weight is 253 g/mol. The SMILES string of the molecule is CCC(C)Nc1ccc(C#N)cc1Br. The Bertz CT molecular complexity index is 355. The van der Waals surface area contributed by atoms with E-state index < -0.39 is 0 Å². The van der Waals surface area contributed by atoms with Gasteiger partial charge in [0.05, 0.1) is 11.6 Å². The standard InChI is InChI=1S/C11H13BrN2/c1-3-8(2)14-11-5-4-9(7-13)6-10(11)12/h4-6,8,14H,3H2,1-2H3. The second-order valence-electron chi connectivity index (χ2n) is 3.26. The maximum atomic E-state index is 8.69. The average Bonchev–Trinajstić information content (AvgIpc) is 2.20. The summed E-state index contributed by atoms with van der Waals surface area (Å²) < 4.78 is 0.942. The van der Waals surface area contributed by atoms with E-state index in [9.17, 15) is 0 Å². The van der Waals surface area contributed by atoms with Gasteiger partial charge in [-0.05, 0) is 47.5 Å². The van der Waals surface area contributed by atoms with Gasteiger partial charge in [-0.15, -0.1) is 0 Å². The molecule has 1 atom stereocenters. The molecule has 0 saturated carbocycles. The molecule has 0 aromatic heterocycles. The van der Waals surface area contributed by atoms with Crippen LogP contribution in [0.2, 0.25) is 0 Å². The molecule has 0 heterocycles. The van der Waals surface area contributed by atoms with E-state index in [0.29, 0.717) is 11.6 Å². The fourth-order valence-electron chi connectivity index (χ4n) is 1.07. The minimum absolute atomic E-state index is 0.444. The van der Waals surface area contributed by atoms with E-state index in [-0.39, 0.29) is 0 Å². The zero-order chi connectivity index (χ0) is 10.6. The third-order valence-corrected chi connectivity index (χ3v) is 2.77. The highest BCUT2D eigenvalue weighted by atomic mass is 79.9. The van der Waals surface area contributed by atoms with Gasteiger partial charge in [0, 0.05) is 16.2 Å². The molecule has 0 bridgehead atoms. The monoisotopic (exact) mass is 252 g/mol. The van der Waals surface area contributed by atoms with Crippen LogP contribution in [0.5, 0.6) is 0 Å². The summed E-state index contributed by atoms with van der Waals surface area (Å²) in [6, 6.07) is 8.11. The first-order valence-electron chi connectivity index (χ1n) is 4.63. The Hall–Kier alpha value is -1.01. The van der Waals surface area contributed by atoms with E-state index in [1.54, 1.807) is 0 Å². The van der Waals surface area contributed by atoms with Gasteiger partial charge in [-0.25, -0.2) is 0 Å². The van der Waals surface area contributed by atoms with Crippen LogP contribution in [0.25, 0.3) is 0 Å². The van der Waals surface area contributed by atoms with Crippen molar-refractivity contribution in [1.29, 1.82) is 5.26 Å². The van der Waals surface area contributed by atoms with Crippen LogP contribution in [0.3, 0.4) is 0 Å². The second-order valence-corrected chi connectivity index (χ2v) is 4.11. The summed E-state index contributed by atoms with van der Waals surface area (Å²) in [5.74, 6) is 0. The third-order valence-electron chi connectivity index (χ3n) is 2.11. The van der Waals surface area contributed by atoms with E-state index >= 15 is 0 Å². The molecule has 0 spiro atoms. The van der Waals surface area contributed by atoms with Crippen LogP contribution < -0.4 is 5.32 Å². The van der Waals surface area contributed by atoms with E-state index in [4.69, 9.17) is 5.26 Å². The number of halogens is 1. The second kappa shape index (κ2) is 5.02. The Kier molecular flexibility index (Phi) is 3.97. The smallest absolute Gasteiger partial charge is 0.0992 e. The van der Waals surface area contributed by atoms with Crippen LogP contribution in [-0.2, 0) is 0 Å². The molecule has 1 rings (SSSR count). The van der Waals surface area contributed by atoms with Crippen molar-refractivity contribution in [3.63, 3.8) is 0 Å². The normalized spacial score (nSPS) is 11.9. The summed E-state index contributed by atoms with van der Waals surface area (Å²) in [6.45, 7) is 4.26. The van der Waals surface area contributed by atoms with E-state index in [1.165, 1.54) is 0 Å². The molecule has 2 nitrogen and oxygen atoms in total. The van der Waals surface area contributed by atoms with Crippen molar-refractivity contribution in [3.8, 4) is 6.07 Å². The summed E-state index contributed by atoms with van der Waals surface area (Å²) in [6.07, 6.45) is 1.08. The molecule has 0 radical (unpaired) electrons. The molecule has 0 aliphatic heterocycles. The van der Waals surface area contributed by atoms with Gasteiger partial charge in [-0.2, -0.15) is 5.26 Å². The van der Waals surface area contributed by atoms with Gasteiger partial charge in [-0.3, -0.25) is 0 Å². The van der Waals surface area contributed by atoms with Gasteiger partial charge in [-0.1, -0.05) is 6.92 Å². The maximum Gasteiger partial charge on any atom is 0.0992 e. The molecule has 1 aromatic rings. The predicted octanol–water partition coefficient (Wildman–Crippen LogP) is 3.53. The highest BCUT2D eigenvalue weighted by Crippen LogP contribution is 2.24. The number of nitrogens with one attached hydrogen (secondary N) is 1. The fourth-order valence-corrected chi connectivity index (χ4v) is 1.56. The molecular weight excluding hydrogens is 240 g/mol. The Labute approximate surface area is 93.1 Å². The third kappa shape index (κ3) is 2.74. The van der Waals surface area contributed by atoms with Gasteiger partial charge in [0.15, 0.2) is 0 Å². The van der Waals surface area contributed by atoms with Crippen molar-refractivity contribution in [2.24, 2.45) is 0 Å². The molecule has 0 fully saturated rings. The molecule has 0 aliphatic rings. The van der Waals surface area contributed by atoms with Crippen LogP contribution in [0.4, 0.5) is 5.69 Å². The first-order valence-corrected chi connectivity index (χ1v) is 5.43.